The minimum atomic E-state index is -0.661. The van der Waals surface area contributed by atoms with Gasteiger partial charge in [0.05, 0.1) is 12.3 Å². The van der Waals surface area contributed by atoms with Gasteiger partial charge in [0, 0.05) is 25.0 Å². The summed E-state index contributed by atoms with van der Waals surface area (Å²) >= 11 is 0. The van der Waals surface area contributed by atoms with E-state index in [0.717, 1.165) is 0 Å². The van der Waals surface area contributed by atoms with Crippen LogP contribution in [0.1, 0.15) is 12.6 Å². The fourth-order valence-electron chi connectivity index (χ4n) is 0.993. The molecule has 0 aliphatic heterocycles. The van der Waals surface area contributed by atoms with Crippen molar-refractivity contribution < 1.29 is 9.53 Å². The van der Waals surface area contributed by atoms with Crippen molar-refractivity contribution in [3.8, 4) is 0 Å². The number of ether oxygens (including phenoxy) is 1. The van der Waals surface area contributed by atoms with Gasteiger partial charge in [-0.05, 0) is 6.92 Å². The molecule has 0 amide bonds. The molecule has 0 radical (unpaired) electrons. The van der Waals surface area contributed by atoms with Gasteiger partial charge in [0.1, 0.15) is 6.04 Å². The van der Waals surface area contributed by atoms with Crippen LogP contribution in [0.25, 0.3) is 0 Å². The number of nitrogens with two attached hydrogens (primary N) is 1. The van der Waals surface area contributed by atoms with Crippen molar-refractivity contribution in [1.82, 2.24) is 9.97 Å². The summed E-state index contributed by atoms with van der Waals surface area (Å²) in [5.41, 5.74) is 6.28. The third-order valence-electron chi connectivity index (χ3n) is 1.64. The molecule has 0 aromatic carbocycles. The minimum Gasteiger partial charge on any atom is -0.465 e. The van der Waals surface area contributed by atoms with Crippen LogP contribution in [0.2, 0.25) is 0 Å². The van der Waals surface area contributed by atoms with E-state index in [1.807, 2.05) is 0 Å². The number of halogens is 1. The summed E-state index contributed by atoms with van der Waals surface area (Å²) in [5.74, 6) is -0.404. The molecule has 5 nitrogen and oxygen atoms in total. The highest BCUT2D eigenvalue weighted by molar-refractivity contribution is 5.85. The van der Waals surface area contributed by atoms with E-state index >= 15 is 0 Å². The molecule has 0 fully saturated rings. The van der Waals surface area contributed by atoms with Crippen LogP contribution in [0.3, 0.4) is 0 Å². The number of carbonyl (C=O) groups excluding carboxylic acids is 1. The monoisotopic (exact) mass is 231 g/mol. The average molecular weight is 232 g/mol. The van der Waals surface area contributed by atoms with Gasteiger partial charge in [0.2, 0.25) is 0 Å². The van der Waals surface area contributed by atoms with Crippen LogP contribution in [0, 0.1) is 0 Å². The highest BCUT2D eigenvalue weighted by Gasteiger charge is 2.15. The van der Waals surface area contributed by atoms with E-state index in [1.165, 1.54) is 0 Å². The first-order valence-electron chi connectivity index (χ1n) is 4.41. The molecule has 1 atom stereocenters. The van der Waals surface area contributed by atoms with Crippen LogP contribution in [0.5, 0.6) is 0 Å². The molecule has 0 saturated heterocycles. The van der Waals surface area contributed by atoms with E-state index in [0.29, 0.717) is 18.7 Å². The standard InChI is InChI=1S/C9H13N3O2.ClH/c1-2-14-9(13)8(10)5-7-6-11-3-4-12-7;/h3-4,6,8H,2,5,10H2,1H3;1H. The van der Waals surface area contributed by atoms with Crippen molar-refractivity contribution in [2.45, 2.75) is 19.4 Å². The predicted molar refractivity (Wildman–Crippen MR) is 57.6 cm³/mol. The molecule has 0 saturated carbocycles. The Kier molecular flexibility index (Phi) is 6.57. The summed E-state index contributed by atoms with van der Waals surface area (Å²) in [6.45, 7) is 2.08. The molecule has 15 heavy (non-hydrogen) atoms. The second kappa shape index (κ2) is 7.14. The maximum Gasteiger partial charge on any atom is 0.323 e. The van der Waals surface area contributed by atoms with Gasteiger partial charge in [-0.25, -0.2) is 0 Å². The number of rotatable bonds is 4. The van der Waals surface area contributed by atoms with E-state index in [2.05, 4.69) is 9.97 Å². The maximum atomic E-state index is 11.2. The summed E-state index contributed by atoms with van der Waals surface area (Å²) in [5, 5.41) is 0. The average Bonchev–Trinajstić information content (AvgIpc) is 2.19. The Morgan fingerprint density at radius 2 is 2.33 bits per heavy atom. The lowest BCUT2D eigenvalue weighted by atomic mass is 10.2. The Hall–Kier alpha value is -1.20. The number of nitrogens with zero attached hydrogens (tertiary/aromatic N) is 2. The molecular weight excluding hydrogens is 218 g/mol. The first kappa shape index (κ1) is 13.8. The third-order valence-corrected chi connectivity index (χ3v) is 1.64. The van der Waals surface area contributed by atoms with Crippen LogP contribution in [-0.4, -0.2) is 28.6 Å². The number of hydrogen-bond donors (Lipinski definition) is 1. The lowest BCUT2D eigenvalue weighted by Gasteiger charge is -2.08. The van der Waals surface area contributed by atoms with Gasteiger partial charge < -0.3 is 10.5 Å². The summed E-state index contributed by atoms with van der Waals surface area (Å²) in [7, 11) is 0. The van der Waals surface area contributed by atoms with E-state index in [4.69, 9.17) is 10.5 Å². The largest absolute Gasteiger partial charge is 0.465 e. The fourth-order valence-corrected chi connectivity index (χ4v) is 0.993. The number of hydrogen-bond acceptors (Lipinski definition) is 5. The van der Waals surface area contributed by atoms with E-state index in [-0.39, 0.29) is 12.4 Å². The van der Waals surface area contributed by atoms with Crippen molar-refractivity contribution in [3.05, 3.63) is 24.3 Å². The fraction of sp³-hybridized carbons (Fsp3) is 0.444. The molecule has 1 unspecified atom stereocenters. The second-order valence-electron chi connectivity index (χ2n) is 2.76. The zero-order chi connectivity index (χ0) is 10.4. The van der Waals surface area contributed by atoms with Gasteiger partial charge in [-0.3, -0.25) is 14.8 Å². The van der Waals surface area contributed by atoms with E-state index in [1.54, 1.807) is 25.5 Å². The number of esters is 1. The second-order valence-corrected chi connectivity index (χ2v) is 2.76. The molecule has 6 heteroatoms. The summed E-state index contributed by atoms with van der Waals surface area (Å²) < 4.78 is 4.76. The van der Waals surface area contributed by atoms with Crippen molar-refractivity contribution in [3.63, 3.8) is 0 Å². The molecule has 0 aliphatic rings. The van der Waals surface area contributed by atoms with Gasteiger partial charge in [-0.15, -0.1) is 12.4 Å². The zero-order valence-corrected chi connectivity index (χ0v) is 9.24. The molecule has 84 valence electrons. The molecule has 1 heterocycles. The molecule has 0 aliphatic carbocycles. The Labute approximate surface area is 94.5 Å². The Bertz CT molecular complexity index is 295. The Morgan fingerprint density at radius 1 is 1.60 bits per heavy atom. The topological polar surface area (TPSA) is 78.1 Å². The van der Waals surface area contributed by atoms with Gasteiger partial charge in [0.25, 0.3) is 0 Å². The first-order chi connectivity index (χ1) is 6.74. The molecular formula is C9H14ClN3O2. The van der Waals surface area contributed by atoms with Gasteiger partial charge in [0.15, 0.2) is 0 Å². The molecule has 1 rings (SSSR count). The normalized spacial score (nSPS) is 11.3. The first-order valence-corrected chi connectivity index (χ1v) is 4.41. The van der Waals surface area contributed by atoms with Crippen molar-refractivity contribution >= 4 is 18.4 Å². The summed E-state index contributed by atoms with van der Waals surface area (Å²) in [6.07, 6.45) is 5.07. The lowest BCUT2D eigenvalue weighted by molar-refractivity contribution is -0.144. The highest BCUT2D eigenvalue weighted by Crippen LogP contribution is 1.97. The van der Waals surface area contributed by atoms with Crippen molar-refractivity contribution in [2.24, 2.45) is 5.73 Å². The third kappa shape index (κ3) is 4.71. The van der Waals surface area contributed by atoms with Crippen LogP contribution < -0.4 is 5.73 Å². The Balaban J connectivity index is 0.00000196. The molecule has 0 bridgehead atoms. The maximum absolute atomic E-state index is 11.2. The quantitative estimate of drug-likeness (QED) is 0.756. The van der Waals surface area contributed by atoms with Crippen molar-refractivity contribution in [2.75, 3.05) is 6.61 Å². The van der Waals surface area contributed by atoms with Gasteiger partial charge in [-0.2, -0.15) is 0 Å². The summed E-state index contributed by atoms with van der Waals surface area (Å²) in [4.78, 5) is 19.0. The van der Waals surface area contributed by atoms with Crippen LogP contribution in [-0.2, 0) is 16.0 Å². The van der Waals surface area contributed by atoms with Crippen LogP contribution >= 0.6 is 12.4 Å². The lowest BCUT2D eigenvalue weighted by Crippen LogP contribution is -2.34. The molecule has 1 aromatic rings. The molecule has 1 aromatic heterocycles. The SMILES string of the molecule is CCOC(=O)C(N)Cc1cnccn1.Cl. The Morgan fingerprint density at radius 3 is 2.87 bits per heavy atom. The van der Waals surface area contributed by atoms with Crippen LogP contribution in [0.4, 0.5) is 0 Å². The highest BCUT2D eigenvalue weighted by atomic mass is 35.5. The van der Waals surface area contributed by atoms with E-state index < -0.39 is 12.0 Å². The number of aromatic nitrogens is 2. The summed E-state index contributed by atoms with van der Waals surface area (Å²) in [6, 6.07) is -0.661. The van der Waals surface area contributed by atoms with Gasteiger partial charge in [-0.1, -0.05) is 0 Å². The smallest absolute Gasteiger partial charge is 0.323 e. The van der Waals surface area contributed by atoms with Crippen molar-refractivity contribution in [1.29, 1.82) is 0 Å². The molecule has 0 spiro atoms. The van der Waals surface area contributed by atoms with Crippen LogP contribution in [0.15, 0.2) is 18.6 Å². The number of carbonyl (C=O) groups is 1. The molecule has 2 N–H and O–H groups in total. The van der Waals surface area contributed by atoms with Gasteiger partial charge >= 0.3 is 5.97 Å². The zero-order valence-electron chi connectivity index (χ0n) is 8.42. The minimum absolute atomic E-state index is 0. The predicted octanol–water partition coefficient (Wildman–Crippen LogP) is 0.331. The van der Waals surface area contributed by atoms with E-state index in [9.17, 15) is 4.79 Å².